The van der Waals surface area contributed by atoms with Crippen molar-refractivity contribution in [2.45, 2.75) is 19.4 Å². The summed E-state index contributed by atoms with van der Waals surface area (Å²) < 4.78 is 9.84. The molecule has 0 aromatic carbocycles. The monoisotopic (exact) mass is 284 g/mol. The van der Waals surface area contributed by atoms with Crippen molar-refractivity contribution in [1.29, 1.82) is 0 Å². The predicted octanol–water partition coefficient (Wildman–Crippen LogP) is 0.478. The second kappa shape index (κ2) is 6.04. The number of anilines is 1. The predicted molar refractivity (Wildman–Crippen MR) is 69.0 cm³/mol. The molecule has 0 spiro atoms. The fraction of sp³-hybridized carbons (Fsp3) is 0.455. The van der Waals surface area contributed by atoms with E-state index in [-0.39, 0.29) is 17.7 Å². The van der Waals surface area contributed by atoms with Gasteiger partial charge in [-0.3, -0.25) is 5.32 Å². The van der Waals surface area contributed by atoms with Crippen molar-refractivity contribution in [1.82, 2.24) is 15.3 Å². The Hall–Kier alpha value is -2.58. The molecule has 9 nitrogen and oxygen atoms in total. The van der Waals surface area contributed by atoms with Gasteiger partial charge in [0.2, 0.25) is 17.7 Å². The first-order valence-corrected chi connectivity index (χ1v) is 5.58. The SMILES string of the molecule is COc1cc(OC)nc(NC(=O)NC(C)(C)C(=O)O)n1. The van der Waals surface area contributed by atoms with Gasteiger partial charge >= 0.3 is 12.0 Å². The maximum atomic E-state index is 11.7. The number of amides is 2. The van der Waals surface area contributed by atoms with Crippen molar-refractivity contribution >= 4 is 17.9 Å². The highest BCUT2D eigenvalue weighted by atomic mass is 16.5. The molecule has 1 rings (SSSR count). The summed E-state index contributed by atoms with van der Waals surface area (Å²) in [6, 6.07) is 0.678. The van der Waals surface area contributed by atoms with Gasteiger partial charge in [0.15, 0.2) is 0 Å². The average molecular weight is 284 g/mol. The first-order valence-electron chi connectivity index (χ1n) is 5.58. The Balaban J connectivity index is 2.83. The van der Waals surface area contributed by atoms with Crippen LogP contribution in [0, 0.1) is 0 Å². The number of carboxylic acids is 1. The van der Waals surface area contributed by atoms with Gasteiger partial charge in [0.1, 0.15) is 5.54 Å². The van der Waals surface area contributed by atoms with Crippen LogP contribution in [0.3, 0.4) is 0 Å². The molecule has 0 saturated heterocycles. The van der Waals surface area contributed by atoms with Crippen LogP contribution in [0.15, 0.2) is 6.07 Å². The number of nitrogens with one attached hydrogen (secondary N) is 2. The number of methoxy groups -OCH3 is 2. The van der Waals surface area contributed by atoms with E-state index in [4.69, 9.17) is 14.6 Å². The highest BCUT2D eigenvalue weighted by Gasteiger charge is 2.29. The minimum absolute atomic E-state index is 0.0695. The van der Waals surface area contributed by atoms with Crippen molar-refractivity contribution < 1.29 is 24.2 Å². The molecule has 1 aromatic heterocycles. The third-order valence-electron chi connectivity index (χ3n) is 2.28. The molecule has 0 saturated carbocycles. The fourth-order valence-corrected chi connectivity index (χ4v) is 1.14. The second-order valence-electron chi connectivity index (χ2n) is 4.29. The molecule has 0 aliphatic carbocycles. The average Bonchev–Trinajstić information content (AvgIpc) is 2.37. The summed E-state index contributed by atoms with van der Waals surface area (Å²) in [7, 11) is 2.80. The Labute approximate surface area is 115 Å². The fourth-order valence-electron chi connectivity index (χ4n) is 1.14. The van der Waals surface area contributed by atoms with E-state index in [9.17, 15) is 9.59 Å². The van der Waals surface area contributed by atoms with Crippen molar-refractivity contribution in [2.75, 3.05) is 19.5 Å². The highest BCUT2D eigenvalue weighted by molar-refractivity contribution is 5.92. The summed E-state index contributed by atoms with van der Waals surface area (Å²) in [4.78, 5) is 30.3. The number of hydrogen-bond acceptors (Lipinski definition) is 6. The van der Waals surface area contributed by atoms with Gasteiger partial charge in [-0.25, -0.2) is 9.59 Å². The van der Waals surface area contributed by atoms with E-state index in [0.29, 0.717) is 0 Å². The molecule has 0 atom stereocenters. The Morgan fingerprint density at radius 2 is 1.70 bits per heavy atom. The van der Waals surface area contributed by atoms with Crippen molar-refractivity contribution in [2.24, 2.45) is 0 Å². The van der Waals surface area contributed by atoms with Gasteiger partial charge in [0, 0.05) is 0 Å². The number of rotatable bonds is 5. The second-order valence-corrected chi connectivity index (χ2v) is 4.29. The van der Waals surface area contributed by atoms with Gasteiger partial charge in [-0.15, -0.1) is 0 Å². The molecular formula is C11H16N4O5. The molecular weight excluding hydrogens is 268 g/mol. The van der Waals surface area contributed by atoms with E-state index in [2.05, 4.69) is 20.6 Å². The summed E-state index contributed by atoms with van der Waals surface area (Å²) in [6.45, 7) is 2.70. The quantitative estimate of drug-likeness (QED) is 0.718. The highest BCUT2D eigenvalue weighted by Crippen LogP contribution is 2.17. The van der Waals surface area contributed by atoms with Crippen molar-refractivity contribution in [3.8, 4) is 11.8 Å². The molecule has 0 aliphatic rings. The van der Waals surface area contributed by atoms with Crippen LogP contribution in [0.1, 0.15) is 13.8 Å². The van der Waals surface area contributed by atoms with Crippen LogP contribution in [0.5, 0.6) is 11.8 Å². The molecule has 9 heteroatoms. The van der Waals surface area contributed by atoms with Gasteiger partial charge in [0.25, 0.3) is 0 Å². The van der Waals surface area contributed by atoms with Gasteiger partial charge in [-0.05, 0) is 13.8 Å². The summed E-state index contributed by atoms with van der Waals surface area (Å²) in [5.41, 5.74) is -1.42. The van der Waals surface area contributed by atoms with Gasteiger partial charge < -0.3 is 19.9 Å². The van der Waals surface area contributed by atoms with E-state index in [0.717, 1.165) is 0 Å². The summed E-state index contributed by atoms with van der Waals surface area (Å²) >= 11 is 0. The number of carbonyl (C=O) groups excluding carboxylic acids is 1. The van der Waals surface area contributed by atoms with E-state index >= 15 is 0 Å². The number of carbonyl (C=O) groups is 2. The largest absolute Gasteiger partial charge is 0.481 e. The lowest BCUT2D eigenvalue weighted by atomic mass is 10.1. The van der Waals surface area contributed by atoms with Gasteiger partial charge in [-0.2, -0.15) is 9.97 Å². The summed E-state index contributed by atoms with van der Waals surface area (Å²) in [5.74, 6) is -0.842. The lowest BCUT2D eigenvalue weighted by molar-refractivity contribution is -0.142. The Bertz CT molecular complexity index is 495. The van der Waals surface area contributed by atoms with Crippen LogP contribution in [0.2, 0.25) is 0 Å². The molecule has 2 amide bonds. The maximum Gasteiger partial charge on any atom is 0.328 e. The molecule has 0 bridgehead atoms. The number of ether oxygens (including phenoxy) is 2. The number of hydrogen-bond donors (Lipinski definition) is 3. The van der Waals surface area contributed by atoms with Crippen LogP contribution in [-0.2, 0) is 4.79 Å². The smallest absolute Gasteiger partial charge is 0.328 e. The van der Waals surface area contributed by atoms with E-state index < -0.39 is 17.5 Å². The number of carboxylic acid groups (broad SMARTS) is 1. The molecule has 0 fully saturated rings. The number of urea groups is 1. The topological polar surface area (TPSA) is 123 Å². The van der Waals surface area contributed by atoms with E-state index in [1.54, 1.807) is 0 Å². The summed E-state index contributed by atoms with van der Waals surface area (Å²) in [6.07, 6.45) is 0. The molecule has 20 heavy (non-hydrogen) atoms. The number of aliphatic carboxylic acids is 1. The van der Waals surface area contributed by atoms with E-state index in [1.807, 2.05) is 0 Å². The van der Waals surface area contributed by atoms with Gasteiger partial charge in [0.05, 0.1) is 20.3 Å². The molecule has 1 aromatic rings. The Morgan fingerprint density at radius 3 is 2.10 bits per heavy atom. The normalized spacial score (nSPS) is 10.6. The minimum Gasteiger partial charge on any atom is -0.481 e. The molecule has 0 radical (unpaired) electrons. The van der Waals surface area contributed by atoms with Crippen LogP contribution < -0.4 is 20.1 Å². The van der Waals surface area contributed by atoms with Crippen LogP contribution in [-0.4, -0.2) is 46.8 Å². The van der Waals surface area contributed by atoms with Crippen LogP contribution in [0.4, 0.5) is 10.7 Å². The van der Waals surface area contributed by atoms with E-state index in [1.165, 1.54) is 34.1 Å². The minimum atomic E-state index is -1.42. The van der Waals surface area contributed by atoms with Gasteiger partial charge in [-0.1, -0.05) is 0 Å². The first kappa shape index (κ1) is 15.5. The van der Waals surface area contributed by atoms with Crippen molar-refractivity contribution in [3.63, 3.8) is 0 Å². The lowest BCUT2D eigenvalue weighted by Gasteiger charge is -2.20. The van der Waals surface area contributed by atoms with Crippen LogP contribution >= 0.6 is 0 Å². The number of aromatic nitrogens is 2. The first-order chi connectivity index (χ1) is 9.28. The Kier molecular flexibility index (Phi) is 4.68. The zero-order chi connectivity index (χ0) is 15.3. The zero-order valence-electron chi connectivity index (χ0n) is 11.6. The zero-order valence-corrected chi connectivity index (χ0v) is 11.6. The van der Waals surface area contributed by atoms with Crippen LogP contribution in [0.25, 0.3) is 0 Å². The third kappa shape index (κ3) is 3.97. The third-order valence-corrected chi connectivity index (χ3v) is 2.28. The molecule has 0 aliphatic heterocycles. The standard InChI is InChI=1S/C11H16N4O5/c1-11(2,8(16)17)15-10(18)14-9-12-6(19-3)5-7(13-9)20-4/h5H,1-4H3,(H,16,17)(H2,12,13,14,15,18). The molecule has 1 heterocycles. The van der Waals surface area contributed by atoms with Crippen molar-refractivity contribution in [3.05, 3.63) is 6.07 Å². The molecule has 0 unspecified atom stereocenters. The maximum absolute atomic E-state index is 11.7. The summed E-state index contributed by atoms with van der Waals surface area (Å²) in [5, 5.41) is 13.5. The molecule has 3 N–H and O–H groups in total. The lowest BCUT2D eigenvalue weighted by Crippen LogP contribution is -2.51. The number of nitrogens with zero attached hydrogens (tertiary/aromatic N) is 2. The Morgan fingerprint density at radius 1 is 1.20 bits per heavy atom. The molecule has 110 valence electrons.